The SMILES string of the molecule is CN=c1scc(-c2ccc(F)cc2)n1N=C(C)c1ccc(C)o1. The summed E-state index contributed by atoms with van der Waals surface area (Å²) >= 11 is 1.48. The minimum absolute atomic E-state index is 0.262. The van der Waals surface area contributed by atoms with Crippen LogP contribution >= 0.6 is 11.3 Å². The maximum atomic E-state index is 13.1. The predicted octanol–water partition coefficient (Wildman–Crippen LogP) is 4.06. The van der Waals surface area contributed by atoms with Crippen molar-refractivity contribution in [3.05, 3.63) is 63.9 Å². The predicted molar refractivity (Wildman–Crippen MR) is 90.2 cm³/mol. The molecule has 0 atom stereocenters. The molecule has 3 rings (SSSR count). The molecule has 1 aromatic carbocycles. The molecule has 0 fully saturated rings. The van der Waals surface area contributed by atoms with E-state index in [4.69, 9.17) is 4.42 Å². The molecule has 0 unspecified atom stereocenters. The smallest absolute Gasteiger partial charge is 0.205 e. The number of halogens is 1. The first-order chi connectivity index (χ1) is 11.1. The van der Waals surface area contributed by atoms with Gasteiger partial charge in [-0.25, -0.2) is 9.07 Å². The van der Waals surface area contributed by atoms with Gasteiger partial charge in [-0.15, -0.1) is 11.3 Å². The monoisotopic (exact) mass is 329 g/mol. The van der Waals surface area contributed by atoms with Crippen LogP contribution in [0.3, 0.4) is 0 Å². The summed E-state index contributed by atoms with van der Waals surface area (Å²) in [5.41, 5.74) is 2.48. The van der Waals surface area contributed by atoms with Crippen LogP contribution in [0.4, 0.5) is 4.39 Å². The Bertz CT molecular complexity index is 916. The number of nitrogens with zero attached hydrogens (tertiary/aromatic N) is 3. The van der Waals surface area contributed by atoms with E-state index in [0.717, 1.165) is 27.5 Å². The molecule has 4 nitrogen and oxygen atoms in total. The molecule has 0 spiro atoms. The van der Waals surface area contributed by atoms with Crippen molar-refractivity contribution in [3.8, 4) is 11.3 Å². The molecule has 0 saturated carbocycles. The van der Waals surface area contributed by atoms with Gasteiger partial charge in [0, 0.05) is 18.0 Å². The van der Waals surface area contributed by atoms with Gasteiger partial charge in [0.1, 0.15) is 23.0 Å². The lowest BCUT2D eigenvalue weighted by Gasteiger charge is -2.05. The van der Waals surface area contributed by atoms with Crippen LogP contribution in [-0.2, 0) is 0 Å². The van der Waals surface area contributed by atoms with Crippen LogP contribution in [-0.4, -0.2) is 17.4 Å². The lowest BCUT2D eigenvalue weighted by atomic mass is 10.2. The molecule has 0 amide bonds. The van der Waals surface area contributed by atoms with Gasteiger partial charge >= 0.3 is 0 Å². The van der Waals surface area contributed by atoms with E-state index in [0.29, 0.717) is 5.76 Å². The zero-order chi connectivity index (χ0) is 16.4. The van der Waals surface area contributed by atoms with E-state index in [-0.39, 0.29) is 5.82 Å². The van der Waals surface area contributed by atoms with Gasteiger partial charge in [-0.3, -0.25) is 4.99 Å². The number of aryl methyl sites for hydroxylation is 1. The van der Waals surface area contributed by atoms with E-state index in [1.54, 1.807) is 23.9 Å². The minimum atomic E-state index is -0.262. The fourth-order valence-corrected chi connectivity index (χ4v) is 2.99. The quantitative estimate of drug-likeness (QED) is 0.668. The zero-order valence-corrected chi connectivity index (χ0v) is 13.9. The first kappa shape index (κ1) is 15.4. The summed E-state index contributed by atoms with van der Waals surface area (Å²) in [6.45, 7) is 3.78. The lowest BCUT2D eigenvalue weighted by Crippen LogP contribution is -2.13. The molecule has 0 N–H and O–H groups in total. The summed E-state index contributed by atoms with van der Waals surface area (Å²) in [6.07, 6.45) is 0. The van der Waals surface area contributed by atoms with E-state index in [1.807, 2.05) is 31.4 Å². The van der Waals surface area contributed by atoms with Crippen molar-refractivity contribution in [2.75, 3.05) is 7.05 Å². The Kier molecular flexibility index (Phi) is 4.25. The summed E-state index contributed by atoms with van der Waals surface area (Å²) in [5.74, 6) is 1.29. The Hall–Kier alpha value is -2.47. The van der Waals surface area contributed by atoms with Crippen molar-refractivity contribution < 1.29 is 8.81 Å². The van der Waals surface area contributed by atoms with Crippen molar-refractivity contribution in [2.45, 2.75) is 13.8 Å². The summed E-state index contributed by atoms with van der Waals surface area (Å²) in [7, 11) is 1.72. The third kappa shape index (κ3) is 3.17. The van der Waals surface area contributed by atoms with Gasteiger partial charge in [0.05, 0.1) is 5.69 Å². The summed E-state index contributed by atoms with van der Waals surface area (Å²) in [6, 6.07) is 10.1. The number of aromatic nitrogens is 1. The molecular formula is C17H16FN3OS. The van der Waals surface area contributed by atoms with Gasteiger partial charge in [-0.05, 0) is 50.2 Å². The average molecular weight is 329 g/mol. The molecule has 0 aliphatic heterocycles. The van der Waals surface area contributed by atoms with Gasteiger partial charge in [-0.2, -0.15) is 5.10 Å². The Balaban J connectivity index is 2.11. The second-order valence-corrected chi connectivity index (χ2v) is 5.88. The second kappa shape index (κ2) is 6.34. The number of thiazole rings is 1. The van der Waals surface area contributed by atoms with Crippen molar-refractivity contribution in [3.63, 3.8) is 0 Å². The third-order valence-electron chi connectivity index (χ3n) is 3.36. The molecule has 0 aliphatic carbocycles. The van der Waals surface area contributed by atoms with E-state index in [1.165, 1.54) is 23.5 Å². The molecule has 6 heteroatoms. The second-order valence-electron chi connectivity index (χ2n) is 5.04. The molecule has 2 heterocycles. The Morgan fingerprint density at radius 3 is 2.52 bits per heavy atom. The molecule has 0 bridgehead atoms. The molecule has 0 saturated heterocycles. The highest BCUT2D eigenvalue weighted by Gasteiger charge is 2.10. The molecule has 3 aromatic rings. The fraction of sp³-hybridized carbons (Fsp3) is 0.176. The molecule has 23 heavy (non-hydrogen) atoms. The van der Waals surface area contributed by atoms with E-state index < -0.39 is 0 Å². The van der Waals surface area contributed by atoms with Crippen molar-refractivity contribution in [1.29, 1.82) is 0 Å². The Morgan fingerprint density at radius 1 is 1.17 bits per heavy atom. The number of hydrogen-bond acceptors (Lipinski definition) is 4. The van der Waals surface area contributed by atoms with Crippen LogP contribution in [0.5, 0.6) is 0 Å². The molecule has 0 aliphatic rings. The number of furan rings is 1. The first-order valence-electron chi connectivity index (χ1n) is 7.10. The van der Waals surface area contributed by atoms with Gasteiger partial charge in [0.25, 0.3) is 0 Å². The zero-order valence-electron chi connectivity index (χ0n) is 13.1. The largest absolute Gasteiger partial charge is 0.460 e. The van der Waals surface area contributed by atoms with Crippen LogP contribution in [0.25, 0.3) is 11.3 Å². The minimum Gasteiger partial charge on any atom is -0.460 e. The maximum absolute atomic E-state index is 13.1. The normalized spacial score (nSPS) is 12.9. The van der Waals surface area contributed by atoms with Gasteiger partial charge < -0.3 is 4.42 Å². The Morgan fingerprint density at radius 2 is 1.91 bits per heavy atom. The average Bonchev–Trinajstić information content (AvgIpc) is 3.14. The molecule has 0 radical (unpaired) electrons. The van der Waals surface area contributed by atoms with Crippen LogP contribution in [0.2, 0.25) is 0 Å². The van der Waals surface area contributed by atoms with Crippen LogP contribution in [0.1, 0.15) is 18.4 Å². The van der Waals surface area contributed by atoms with Gasteiger partial charge in [0.15, 0.2) is 0 Å². The highest BCUT2D eigenvalue weighted by molar-refractivity contribution is 7.07. The third-order valence-corrected chi connectivity index (χ3v) is 4.27. The van der Waals surface area contributed by atoms with Gasteiger partial charge in [0.2, 0.25) is 4.80 Å². The number of rotatable bonds is 3. The first-order valence-corrected chi connectivity index (χ1v) is 7.98. The summed E-state index contributed by atoms with van der Waals surface area (Å²) < 4.78 is 20.5. The topological polar surface area (TPSA) is 42.8 Å². The number of hydrogen-bond donors (Lipinski definition) is 0. The molecule has 2 aromatic heterocycles. The highest BCUT2D eigenvalue weighted by atomic mass is 32.1. The van der Waals surface area contributed by atoms with Crippen molar-refractivity contribution in [2.24, 2.45) is 10.1 Å². The van der Waals surface area contributed by atoms with Crippen LogP contribution in [0.15, 0.2) is 56.3 Å². The van der Waals surface area contributed by atoms with E-state index in [9.17, 15) is 4.39 Å². The van der Waals surface area contributed by atoms with E-state index >= 15 is 0 Å². The summed E-state index contributed by atoms with van der Waals surface area (Å²) in [5, 5.41) is 6.59. The maximum Gasteiger partial charge on any atom is 0.205 e. The fourth-order valence-electron chi connectivity index (χ4n) is 2.19. The summed E-state index contributed by atoms with van der Waals surface area (Å²) in [4.78, 5) is 5.01. The van der Waals surface area contributed by atoms with Crippen LogP contribution < -0.4 is 4.80 Å². The Labute approximate surface area is 137 Å². The van der Waals surface area contributed by atoms with Crippen LogP contribution in [0, 0.1) is 12.7 Å². The van der Waals surface area contributed by atoms with E-state index in [2.05, 4.69) is 10.1 Å². The molecular weight excluding hydrogens is 313 g/mol. The lowest BCUT2D eigenvalue weighted by molar-refractivity contribution is 0.524. The van der Waals surface area contributed by atoms with Crippen molar-refractivity contribution >= 4 is 17.0 Å². The van der Waals surface area contributed by atoms with Gasteiger partial charge in [-0.1, -0.05) is 0 Å². The number of benzene rings is 1. The standard InChI is InChI=1S/C17H16FN3OS/c1-11-4-9-16(22-11)12(2)20-21-15(10-23-17(21)19-3)13-5-7-14(18)8-6-13/h4-10H,1-3H3. The van der Waals surface area contributed by atoms with Crippen molar-refractivity contribution in [1.82, 2.24) is 4.68 Å². The highest BCUT2D eigenvalue weighted by Crippen LogP contribution is 2.21. The molecule has 118 valence electrons.